The molecule has 0 amide bonds. The Balaban J connectivity index is 2.14. The average Bonchev–Trinajstić information content (AvgIpc) is 2.83. The van der Waals surface area contributed by atoms with Crippen LogP contribution >= 0.6 is 11.5 Å². The van der Waals surface area contributed by atoms with E-state index in [0.29, 0.717) is 17.1 Å². The highest BCUT2D eigenvalue weighted by Gasteiger charge is 2.13. The first-order chi connectivity index (χ1) is 10.2. The van der Waals surface area contributed by atoms with E-state index in [1.165, 1.54) is 3.96 Å². The Morgan fingerprint density at radius 3 is 2.19 bits per heavy atom. The van der Waals surface area contributed by atoms with E-state index in [1.54, 1.807) is 55.6 Å². The van der Waals surface area contributed by atoms with E-state index in [9.17, 15) is 9.59 Å². The molecule has 0 aliphatic heterocycles. The van der Waals surface area contributed by atoms with Crippen molar-refractivity contribution in [3.8, 4) is 17.1 Å². The molecule has 0 fully saturated rings. The lowest BCUT2D eigenvalue weighted by Crippen LogP contribution is -2.26. The van der Waals surface area contributed by atoms with Crippen molar-refractivity contribution in [3.05, 3.63) is 74.7 Å². The largest absolute Gasteiger partial charge is 0.497 e. The predicted octanol–water partition coefficient (Wildman–Crippen LogP) is 2.06. The molecule has 0 saturated heterocycles. The highest BCUT2D eigenvalue weighted by Crippen LogP contribution is 2.14. The van der Waals surface area contributed by atoms with Gasteiger partial charge in [-0.1, -0.05) is 18.2 Å². The van der Waals surface area contributed by atoms with Crippen molar-refractivity contribution < 1.29 is 4.74 Å². The maximum atomic E-state index is 12.5. The number of hydrogen-bond acceptors (Lipinski definition) is 4. The highest BCUT2D eigenvalue weighted by atomic mass is 32.1. The van der Waals surface area contributed by atoms with Crippen LogP contribution in [0.2, 0.25) is 0 Å². The minimum Gasteiger partial charge on any atom is -0.497 e. The minimum absolute atomic E-state index is 0.318. The smallest absolute Gasteiger partial charge is 0.350 e. The van der Waals surface area contributed by atoms with Gasteiger partial charge in [-0.3, -0.25) is 4.79 Å². The molecule has 3 aromatic rings. The van der Waals surface area contributed by atoms with Crippen LogP contribution in [0.5, 0.6) is 5.75 Å². The van der Waals surface area contributed by atoms with Crippen molar-refractivity contribution in [1.82, 2.24) is 8.52 Å². The summed E-state index contributed by atoms with van der Waals surface area (Å²) in [7, 11) is 1.57. The van der Waals surface area contributed by atoms with Crippen molar-refractivity contribution in [2.45, 2.75) is 0 Å². The second kappa shape index (κ2) is 5.41. The van der Waals surface area contributed by atoms with E-state index in [1.807, 2.05) is 6.07 Å². The van der Waals surface area contributed by atoms with Crippen LogP contribution in [0.4, 0.5) is 0 Å². The van der Waals surface area contributed by atoms with Gasteiger partial charge < -0.3 is 4.74 Å². The Morgan fingerprint density at radius 2 is 1.57 bits per heavy atom. The van der Waals surface area contributed by atoms with Gasteiger partial charge in [-0.15, -0.1) is 0 Å². The van der Waals surface area contributed by atoms with Crippen LogP contribution in [-0.4, -0.2) is 15.6 Å². The van der Waals surface area contributed by atoms with Gasteiger partial charge in [0.2, 0.25) is 0 Å². The fourth-order valence-corrected chi connectivity index (χ4v) is 2.81. The summed E-state index contributed by atoms with van der Waals surface area (Å²) in [5, 5.41) is 0. The summed E-state index contributed by atoms with van der Waals surface area (Å²) in [6.45, 7) is 0. The van der Waals surface area contributed by atoms with Crippen LogP contribution in [0.3, 0.4) is 0 Å². The Labute approximate surface area is 124 Å². The Hall–Kier alpha value is -2.60. The maximum Gasteiger partial charge on any atom is 0.350 e. The summed E-state index contributed by atoms with van der Waals surface area (Å²) < 4.78 is 7.61. The Morgan fingerprint density at radius 1 is 0.905 bits per heavy atom. The maximum absolute atomic E-state index is 12.5. The molecule has 0 aliphatic rings. The van der Waals surface area contributed by atoms with Crippen LogP contribution in [0, 0.1) is 0 Å². The predicted molar refractivity (Wildman–Crippen MR) is 82.1 cm³/mol. The summed E-state index contributed by atoms with van der Waals surface area (Å²) >= 11 is 0.873. The minimum atomic E-state index is -0.374. The van der Waals surface area contributed by atoms with Crippen molar-refractivity contribution in [1.29, 1.82) is 0 Å². The fraction of sp³-hybridized carbons (Fsp3) is 0.0667. The van der Waals surface area contributed by atoms with Gasteiger partial charge >= 0.3 is 10.6 Å². The molecule has 0 aliphatic carbocycles. The molecular weight excluding hydrogens is 288 g/mol. The highest BCUT2D eigenvalue weighted by molar-refractivity contribution is 7.03. The standard InChI is InChI=1S/C15H12N2O3S/c1-20-13-9-7-12(8-10-13)17-14(18)16(15(19)21-17)11-5-3-2-4-6-11/h2-10H,1H3. The summed E-state index contributed by atoms with van der Waals surface area (Å²) in [6.07, 6.45) is 0. The van der Waals surface area contributed by atoms with E-state index in [4.69, 9.17) is 4.74 Å². The second-order valence-electron chi connectivity index (χ2n) is 4.30. The van der Waals surface area contributed by atoms with Gasteiger partial charge in [0.1, 0.15) is 5.75 Å². The summed E-state index contributed by atoms with van der Waals surface area (Å²) in [4.78, 5) is 24.2. The van der Waals surface area contributed by atoms with Crippen LogP contribution in [0.25, 0.3) is 11.4 Å². The van der Waals surface area contributed by atoms with Crippen molar-refractivity contribution in [2.24, 2.45) is 0 Å². The number of methoxy groups -OCH3 is 1. The zero-order valence-electron chi connectivity index (χ0n) is 11.2. The molecule has 0 radical (unpaired) electrons. The molecule has 0 N–H and O–H groups in total. The number of nitrogens with zero attached hydrogens (tertiary/aromatic N) is 2. The molecule has 1 heterocycles. The molecule has 0 atom stereocenters. The van der Waals surface area contributed by atoms with Crippen LogP contribution in [0.1, 0.15) is 0 Å². The van der Waals surface area contributed by atoms with Gasteiger partial charge in [-0.25, -0.2) is 13.3 Å². The summed E-state index contributed by atoms with van der Waals surface area (Å²) in [5.74, 6) is 0.696. The Bertz CT molecular complexity index is 860. The van der Waals surface area contributed by atoms with E-state index in [2.05, 4.69) is 0 Å². The van der Waals surface area contributed by atoms with Gasteiger partial charge in [0.15, 0.2) is 0 Å². The first-order valence-corrected chi connectivity index (χ1v) is 7.03. The van der Waals surface area contributed by atoms with Gasteiger partial charge in [-0.2, -0.15) is 0 Å². The van der Waals surface area contributed by atoms with Gasteiger partial charge in [0.05, 0.1) is 18.5 Å². The normalized spacial score (nSPS) is 10.5. The monoisotopic (exact) mass is 300 g/mol. The first kappa shape index (κ1) is 13.4. The van der Waals surface area contributed by atoms with Crippen LogP contribution in [0.15, 0.2) is 64.2 Å². The topological polar surface area (TPSA) is 53.2 Å². The molecule has 1 aromatic heterocycles. The van der Waals surface area contributed by atoms with Gasteiger partial charge in [0.25, 0.3) is 0 Å². The lowest BCUT2D eigenvalue weighted by atomic mass is 10.3. The summed E-state index contributed by atoms with van der Waals surface area (Å²) in [6, 6.07) is 15.9. The second-order valence-corrected chi connectivity index (χ2v) is 5.20. The number of benzene rings is 2. The SMILES string of the molecule is COc1ccc(-n2sc(=O)n(-c3ccccc3)c2=O)cc1. The molecule has 0 spiro atoms. The number of ether oxygens (including phenoxy) is 1. The average molecular weight is 300 g/mol. The molecule has 5 nitrogen and oxygen atoms in total. The molecular formula is C15H12N2O3S. The molecule has 2 aromatic carbocycles. The van der Waals surface area contributed by atoms with Crippen LogP contribution < -0.4 is 15.3 Å². The van der Waals surface area contributed by atoms with Crippen LogP contribution in [-0.2, 0) is 0 Å². The third-order valence-electron chi connectivity index (χ3n) is 3.04. The lowest BCUT2D eigenvalue weighted by molar-refractivity contribution is 0.415. The quantitative estimate of drug-likeness (QED) is 0.744. The zero-order chi connectivity index (χ0) is 14.8. The summed E-state index contributed by atoms with van der Waals surface area (Å²) in [5.41, 5.74) is 0.829. The number of hydrogen-bond donors (Lipinski definition) is 0. The Kier molecular flexibility index (Phi) is 3.45. The van der Waals surface area contributed by atoms with Crippen molar-refractivity contribution >= 4 is 11.5 Å². The van der Waals surface area contributed by atoms with E-state index in [0.717, 1.165) is 16.1 Å². The zero-order valence-corrected chi connectivity index (χ0v) is 12.0. The number of rotatable bonds is 3. The molecule has 21 heavy (non-hydrogen) atoms. The van der Waals surface area contributed by atoms with Gasteiger partial charge in [0, 0.05) is 11.5 Å². The number of aromatic nitrogens is 2. The van der Waals surface area contributed by atoms with E-state index in [-0.39, 0.29) is 10.6 Å². The first-order valence-electron chi connectivity index (χ1n) is 6.26. The third-order valence-corrected chi connectivity index (χ3v) is 3.93. The number of para-hydroxylation sites is 1. The molecule has 0 saturated carbocycles. The van der Waals surface area contributed by atoms with Gasteiger partial charge in [-0.05, 0) is 36.4 Å². The molecule has 3 rings (SSSR count). The fourth-order valence-electron chi connectivity index (χ4n) is 2.00. The molecule has 106 valence electrons. The van der Waals surface area contributed by atoms with Crippen molar-refractivity contribution in [3.63, 3.8) is 0 Å². The molecule has 0 unspecified atom stereocenters. The molecule has 6 heteroatoms. The van der Waals surface area contributed by atoms with E-state index >= 15 is 0 Å². The van der Waals surface area contributed by atoms with Crippen molar-refractivity contribution in [2.75, 3.05) is 7.11 Å². The molecule has 0 bridgehead atoms. The lowest BCUT2D eigenvalue weighted by Gasteiger charge is -2.02. The van der Waals surface area contributed by atoms with E-state index < -0.39 is 0 Å². The third kappa shape index (κ3) is 2.41.